The van der Waals surface area contributed by atoms with Crippen LogP contribution < -0.4 is 4.74 Å². The van der Waals surface area contributed by atoms with Crippen molar-refractivity contribution in [2.45, 2.75) is 77.8 Å². The molecule has 2 aromatic carbocycles. The van der Waals surface area contributed by atoms with Crippen LogP contribution >= 0.6 is 11.3 Å². The summed E-state index contributed by atoms with van der Waals surface area (Å²) in [5, 5.41) is 12.0. The van der Waals surface area contributed by atoms with Gasteiger partial charge < -0.3 is 9.16 Å². The zero-order chi connectivity index (χ0) is 24.7. The molecule has 1 aromatic heterocycles. The van der Waals surface area contributed by atoms with Gasteiger partial charge in [-0.05, 0) is 96.2 Å². The molecule has 1 aliphatic rings. The molecule has 0 spiro atoms. The van der Waals surface area contributed by atoms with Crippen LogP contribution in [-0.4, -0.2) is 14.4 Å². The Kier molecular flexibility index (Phi) is 6.79. The van der Waals surface area contributed by atoms with Gasteiger partial charge in [0.15, 0.2) is 8.32 Å². The first-order valence-corrected chi connectivity index (χ1v) is 15.9. The number of thiophene rings is 1. The number of ether oxygens (including phenoxy) is 1. The van der Waals surface area contributed by atoms with E-state index in [1.165, 1.54) is 21.6 Å². The average Bonchev–Trinajstić information content (AvgIpc) is 3.40. The molecule has 4 rings (SSSR count). The zero-order valence-corrected chi connectivity index (χ0v) is 23.2. The molecule has 1 aliphatic carbocycles. The molecule has 0 amide bonds. The molecule has 3 nitrogen and oxygen atoms in total. The Morgan fingerprint density at radius 3 is 2.53 bits per heavy atom. The van der Waals surface area contributed by atoms with Gasteiger partial charge in [-0.25, -0.2) is 0 Å². The van der Waals surface area contributed by atoms with Crippen LogP contribution in [0.4, 0.5) is 0 Å². The number of nitriles is 1. The number of hydrogen-bond acceptors (Lipinski definition) is 4. The first-order chi connectivity index (χ1) is 16.0. The van der Waals surface area contributed by atoms with Crippen molar-refractivity contribution in [1.29, 1.82) is 5.26 Å². The van der Waals surface area contributed by atoms with E-state index in [-0.39, 0.29) is 17.2 Å². The first-order valence-electron chi connectivity index (χ1n) is 12.1. The molecule has 0 saturated heterocycles. The molecular weight excluding hydrogens is 454 g/mol. The Labute approximate surface area is 209 Å². The van der Waals surface area contributed by atoms with Crippen molar-refractivity contribution in [3.05, 3.63) is 64.5 Å². The third-order valence-corrected chi connectivity index (χ3v) is 12.6. The predicted molar refractivity (Wildman–Crippen MR) is 145 cm³/mol. The van der Waals surface area contributed by atoms with Crippen LogP contribution in [0.1, 0.15) is 63.8 Å². The molecular formula is C29H35NO2SSi. The molecule has 0 saturated carbocycles. The Balaban J connectivity index is 1.63. The van der Waals surface area contributed by atoms with Crippen LogP contribution in [0, 0.1) is 11.3 Å². The Hall–Kier alpha value is -2.39. The lowest BCUT2D eigenvalue weighted by Gasteiger charge is -2.38. The van der Waals surface area contributed by atoms with Crippen molar-refractivity contribution in [2.75, 3.05) is 0 Å². The molecule has 0 radical (unpaired) electrons. The minimum Gasteiger partial charge on any atom is -0.490 e. The Morgan fingerprint density at radius 1 is 1.09 bits per heavy atom. The highest BCUT2D eigenvalue weighted by Gasteiger charge is 2.41. The zero-order valence-electron chi connectivity index (χ0n) is 21.4. The predicted octanol–water partition coefficient (Wildman–Crippen LogP) is 8.75. The van der Waals surface area contributed by atoms with Crippen LogP contribution in [0.25, 0.3) is 21.6 Å². The van der Waals surface area contributed by atoms with Crippen LogP contribution in [0.15, 0.2) is 47.8 Å². The van der Waals surface area contributed by atoms with Gasteiger partial charge >= 0.3 is 0 Å². The normalized spacial score (nSPS) is 15.9. The SMILES string of the molecule is CC(C)Oc1ccc(-c2csc(-c3cccc4c3CCC4O[Si](C)(C)C(C)(C)C)c2)cc1C#N. The average molecular weight is 490 g/mol. The number of hydrogen-bond donors (Lipinski definition) is 0. The van der Waals surface area contributed by atoms with Crippen molar-refractivity contribution in [1.82, 2.24) is 0 Å². The fourth-order valence-electron chi connectivity index (χ4n) is 4.28. The number of fused-ring (bicyclic) bond motifs is 1. The highest BCUT2D eigenvalue weighted by atomic mass is 32.1. The maximum atomic E-state index is 9.61. The molecule has 1 unspecified atom stereocenters. The molecule has 1 atom stereocenters. The van der Waals surface area contributed by atoms with Crippen LogP contribution in [0.5, 0.6) is 5.75 Å². The van der Waals surface area contributed by atoms with Gasteiger partial charge in [0.2, 0.25) is 0 Å². The van der Waals surface area contributed by atoms with Gasteiger partial charge in [-0.3, -0.25) is 0 Å². The van der Waals surface area contributed by atoms with E-state index in [4.69, 9.17) is 9.16 Å². The lowest BCUT2D eigenvalue weighted by atomic mass is 10.00. The van der Waals surface area contributed by atoms with Gasteiger partial charge in [0.25, 0.3) is 0 Å². The van der Waals surface area contributed by atoms with E-state index < -0.39 is 8.32 Å². The summed E-state index contributed by atoms with van der Waals surface area (Å²) in [5.74, 6) is 0.644. The topological polar surface area (TPSA) is 42.2 Å². The largest absolute Gasteiger partial charge is 0.490 e. The van der Waals surface area contributed by atoms with E-state index in [0.29, 0.717) is 11.3 Å². The fraction of sp³-hybridized carbons (Fsp3) is 0.414. The highest BCUT2D eigenvalue weighted by Crippen LogP contribution is 2.46. The van der Waals surface area contributed by atoms with E-state index in [1.54, 1.807) is 11.3 Å². The Morgan fingerprint density at radius 2 is 1.85 bits per heavy atom. The summed E-state index contributed by atoms with van der Waals surface area (Å²) in [6, 6.07) is 17.1. The van der Waals surface area contributed by atoms with Gasteiger partial charge in [0.05, 0.1) is 17.8 Å². The summed E-state index contributed by atoms with van der Waals surface area (Å²) in [4.78, 5) is 1.26. The Bertz CT molecular complexity index is 1230. The van der Waals surface area contributed by atoms with E-state index >= 15 is 0 Å². The molecule has 0 bridgehead atoms. The molecule has 3 aromatic rings. The monoisotopic (exact) mass is 489 g/mol. The van der Waals surface area contributed by atoms with Gasteiger partial charge in [0.1, 0.15) is 11.8 Å². The van der Waals surface area contributed by atoms with Crippen LogP contribution in [0.3, 0.4) is 0 Å². The molecule has 1 heterocycles. The van der Waals surface area contributed by atoms with E-state index in [1.807, 2.05) is 32.0 Å². The third-order valence-electron chi connectivity index (χ3n) is 7.12. The van der Waals surface area contributed by atoms with Crippen molar-refractivity contribution < 1.29 is 9.16 Å². The van der Waals surface area contributed by atoms with Gasteiger partial charge in [-0.15, -0.1) is 11.3 Å². The molecule has 5 heteroatoms. The molecule has 0 fully saturated rings. The van der Waals surface area contributed by atoms with Gasteiger partial charge in [0, 0.05) is 4.88 Å². The lowest BCUT2D eigenvalue weighted by Crippen LogP contribution is -2.41. The quantitative estimate of drug-likeness (QED) is 0.325. The summed E-state index contributed by atoms with van der Waals surface area (Å²) in [7, 11) is -1.83. The highest BCUT2D eigenvalue weighted by molar-refractivity contribution is 7.14. The standard InChI is InChI=1S/C29H35NO2SSi/c1-19(2)31-26-13-11-20(15-21(26)17-30)22-16-28(33-18-22)25-10-8-9-24-23(25)12-14-27(24)32-34(6,7)29(3,4)5/h8-11,13,15-16,18-19,27H,12,14H2,1-7H3. The van der Waals surface area contributed by atoms with Crippen molar-refractivity contribution in [2.24, 2.45) is 0 Å². The maximum Gasteiger partial charge on any atom is 0.192 e. The molecule has 34 heavy (non-hydrogen) atoms. The minimum atomic E-state index is -1.83. The molecule has 178 valence electrons. The molecule has 0 aliphatic heterocycles. The smallest absolute Gasteiger partial charge is 0.192 e. The summed E-state index contributed by atoms with van der Waals surface area (Å²) >= 11 is 1.76. The summed E-state index contributed by atoms with van der Waals surface area (Å²) < 4.78 is 12.6. The van der Waals surface area contributed by atoms with E-state index in [9.17, 15) is 5.26 Å². The second-order valence-corrected chi connectivity index (χ2v) is 16.6. The van der Waals surface area contributed by atoms with Crippen LogP contribution in [-0.2, 0) is 10.8 Å². The van der Waals surface area contributed by atoms with Crippen molar-refractivity contribution in [3.63, 3.8) is 0 Å². The lowest BCUT2D eigenvalue weighted by molar-refractivity contribution is 0.185. The molecule has 0 N–H and O–H groups in total. The van der Waals surface area contributed by atoms with Crippen molar-refractivity contribution in [3.8, 4) is 33.4 Å². The maximum absolute atomic E-state index is 9.61. The second-order valence-electron chi connectivity index (χ2n) is 11.0. The van der Waals surface area contributed by atoms with Crippen molar-refractivity contribution >= 4 is 19.7 Å². The number of benzene rings is 2. The van der Waals surface area contributed by atoms with E-state index in [2.05, 4.69) is 69.6 Å². The first kappa shape index (κ1) is 24.7. The van der Waals surface area contributed by atoms with E-state index in [0.717, 1.165) is 24.0 Å². The van der Waals surface area contributed by atoms with Gasteiger partial charge in [-0.2, -0.15) is 5.26 Å². The summed E-state index contributed by atoms with van der Waals surface area (Å²) in [6.07, 6.45) is 2.34. The third kappa shape index (κ3) is 4.86. The fourth-order valence-corrected chi connectivity index (χ4v) is 6.57. The number of rotatable bonds is 6. The minimum absolute atomic E-state index is 0.0373. The second kappa shape index (κ2) is 9.34. The summed E-state index contributed by atoms with van der Waals surface area (Å²) in [6.45, 7) is 15.5. The van der Waals surface area contributed by atoms with Crippen LogP contribution in [0.2, 0.25) is 18.1 Å². The van der Waals surface area contributed by atoms with Gasteiger partial charge in [-0.1, -0.05) is 45.0 Å². The number of nitrogens with zero attached hydrogens (tertiary/aromatic N) is 1. The summed E-state index contributed by atoms with van der Waals surface area (Å²) in [5.41, 5.74) is 6.86.